The molecule has 0 bridgehead atoms. The number of hydrogen-bond donors (Lipinski definition) is 1. The number of thiophene rings is 1. The van der Waals surface area contributed by atoms with E-state index in [1.54, 1.807) is 18.4 Å². The van der Waals surface area contributed by atoms with Crippen molar-refractivity contribution in [3.8, 4) is 9.88 Å². The molecule has 7 nitrogen and oxygen atoms in total. The van der Waals surface area contributed by atoms with Crippen LogP contribution < -0.4 is 5.32 Å². The number of nitrogens with zero attached hydrogens (tertiary/aromatic N) is 3. The average Bonchev–Trinajstić information content (AvgIpc) is 3.36. The Kier molecular flexibility index (Phi) is 7.33. The number of rotatable bonds is 8. The first-order valence-electron chi connectivity index (χ1n) is 8.94. The molecule has 0 saturated carbocycles. The van der Waals surface area contributed by atoms with Crippen LogP contribution in [0.15, 0.2) is 22.9 Å². The zero-order chi connectivity index (χ0) is 19.1. The number of methoxy groups -OCH3 is 1. The highest BCUT2D eigenvalue weighted by Crippen LogP contribution is 2.28. The van der Waals surface area contributed by atoms with Crippen LogP contribution >= 0.6 is 22.7 Å². The molecule has 27 heavy (non-hydrogen) atoms. The minimum absolute atomic E-state index is 0.0194. The lowest BCUT2D eigenvalue weighted by Crippen LogP contribution is -2.51. The predicted octanol–water partition coefficient (Wildman–Crippen LogP) is 1.78. The summed E-state index contributed by atoms with van der Waals surface area (Å²) in [6, 6.07) is 3.99. The molecule has 2 aromatic heterocycles. The van der Waals surface area contributed by atoms with Crippen LogP contribution in [-0.2, 0) is 9.53 Å². The molecular weight excluding hydrogens is 384 g/mol. The van der Waals surface area contributed by atoms with Crippen LogP contribution in [0.5, 0.6) is 0 Å². The maximum absolute atomic E-state index is 12.7. The van der Waals surface area contributed by atoms with Gasteiger partial charge in [-0.15, -0.1) is 22.7 Å². The second-order valence-corrected chi connectivity index (χ2v) is 8.09. The molecule has 1 aliphatic rings. The van der Waals surface area contributed by atoms with Crippen molar-refractivity contribution in [3.63, 3.8) is 0 Å². The Morgan fingerprint density at radius 1 is 1.26 bits per heavy atom. The predicted molar refractivity (Wildman–Crippen MR) is 107 cm³/mol. The number of thiazole rings is 1. The van der Waals surface area contributed by atoms with Gasteiger partial charge in [-0.2, -0.15) is 0 Å². The van der Waals surface area contributed by atoms with Gasteiger partial charge in [-0.05, 0) is 17.9 Å². The molecule has 9 heteroatoms. The zero-order valence-electron chi connectivity index (χ0n) is 15.3. The van der Waals surface area contributed by atoms with Crippen molar-refractivity contribution in [3.05, 3.63) is 28.6 Å². The molecule has 146 valence electrons. The molecule has 0 atom stereocenters. The number of hydrogen-bond acceptors (Lipinski definition) is 7. The summed E-state index contributed by atoms with van der Waals surface area (Å²) >= 11 is 3.12. The molecule has 0 radical (unpaired) electrons. The summed E-state index contributed by atoms with van der Waals surface area (Å²) < 4.78 is 4.96. The first-order chi connectivity index (χ1) is 13.2. The Labute approximate surface area is 167 Å². The summed E-state index contributed by atoms with van der Waals surface area (Å²) in [6.45, 7) is 4.25. The Bertz CT molecular complexity index is 740. The van der Waals surface area contributed by atoms with Crippen molar-refractivity contribution in [1.82, 2.24) is 20.1 Å². The van der Waals surface area contributed by atoms with Crippen LogP contribution in [0.25, 0.3) is 9.88 Å². The Hall–Kier alpha value is -1.81. The number of carbonyl (C=O) groups excluding carboxylic acids is 2. The van der Waals surface area contributed by atoms with E-state index in [0.717, 1.165) is 16.3 Å². The van der Waals surface area contributed by atoms with Crippen molar-refractivity contribution >= 4 is 34.5 Å². The molecule has 1 saturated heterocycles. The fourth-order valence-electron chi connectivity index (χ4n) is 2.86. The monoisotopic (exact) mass is 408 g/mol. The summed E-state index contributed by atoms with van der Waals surface area (Å²) in [6.07, 6.45) is 0.811. The maximum atomic E-state index is 12.7. The molecule has 0 aliphatic carbocycles. The van der Waals surface area contributed by atoms with Crippen molar-refractivity contribution in [2.45, 2.75) is 6.42 Å². The largest absolute Gasteiger partial charge is 0.385 e. The molecule has 0 spiro atoms. The van der Waals surface area contributed by atoms with Gasteiger partial charge < -0.3 is 15.0 Å². The van der Waals surface area contributed by atoms with Gasteiger partial charge >= 0.3 is 0 Å². The van der Waals surface area contributed by atoms with Gasteiger partial charge in [0.05, 0.1) is 11.4 Å². The smallest absolute Gasteiger partial charge is 0.273 e. The van der Waals surface area contributed by atoms with Gasteiger partial charge in [0.2, 0.25) is 5.91 Å². The van der Waals surface area contributed by atoms with E-state index in [1.165, 1.54) is 11.3 Å². The number of ether oxygens (including phenoxy) is 1. The zero-order valence-corrected chi connectivity index (χ0v) is 17.0. The normalized spacial score (nSPS) is 15.1. The van der Waals surface area contributed by atoms with Crippen molar-refractivity contribution in [2.75, 3.05) is 53.0 Å². The highest BCUT2D eigenvalue weighted by atomic mass is 32.1. The lowest BCUT2D eigenvalue weighted by atomic mass is 10.3. The third-order valence-electron chi connectivity index (χ3n) is 4.33. The van der Waals surface area contributed by atoms with Crippen LogP contribution in [0.2, 0.25) is 0 Å². The number of nitrogens with one attached hydrogen (secondary N) is 1. The van der Waals surface area contributed by atoms with Gasteiger partial charge in [0.1, 0.15) is 10.7 Å². The first-order valence-corrected chi connectivity index (χ1v) is 10.7. The van der Waals surface area contributed by atoms with E-state index in [1.807, 2.05) is 27.8 Å². The quantitative estimate of drug-likeness (QED) is 0.674. The van der Waals surface area contributed by atoms with E-state index in [-0.39, 0.29) is 11.8 Å². The summed E-state index contributed by atoms with van der Waals surface area (Å²) in [5.41, 5.74) is 0.507. The van der Waals surface area contributed by atoms with Crippen molar-refractivity contribution in [1.29, 1.82) is 0 Å². The average molecular weight is 409 g/mol. The molecule has 3 rings (SSSR count). The van der Waals surface area contributed by atoms with Gasteiger partial charge in [-0.1, -0.05) is 6.07 Å². The topological polar surface area (TPSA) is 74.8 Å². The van der Waals surface area contributed by atoms with Crippen LogP contribution in [0.3, 0.4) is 0 Å². The fourth-order valence-corrected chi connectivity index (χ4v) is 4.47. The number of carbonyl (C=O) groups is 2. The maximum Gasteiger partial charge on any atom is 0.273 e. The van der Waals surface area contributed by atoms with E-state index in [9.17, 15) is 9.59 Å². The number of aromatic nitrogens is 1. The van der Waals surface area contributed by atoms with Crippen molar-refractivity contribution in [2.24, 2.45) is 0 Å². The summed E-state index contributed by atoms with van der Waals surface area (Å²) in [4.78, 5) is 34.1. The van der Waals surface area contributed by atoms with E-state index < -0.39 is 0 Å². The fraction of sp³-hybridized carbons (Fsp3) is 0.500. The minimum atomic E-state index is -0.0299. The van der Waals surface area contributed by atoms with Crippen LogP contribution in [0, 0.1) is 0 Å². The first kappa shape index (κ1) is 19.9. The van der Waals surface area contributed by atoms with E-state index in [0.29, 0.717) is 51.6 Å². The second kappa shape index (κ2) is 9.93. The lowest BCUT2D eigenvalue weighted by molar-refractivity contribution is -0.122. The number of piperazine rings is 1. The van der Waals surface area contributed by atoms with Crippen LogP contribution in [0.1, 0.15) is 16.9 Å². The summed E-state index contributed by atoms with van der Waals surface area (Å²) in [5, 5.41) is 7.61. The molecule has 3 heterocycles. The third-order valence-corrected chi connectivity index (χ3v) is 6.21. The Morgan fingerprint density at radius 2 is 2.07 bits per heavy atom. The van der Waals surface area contributed by atoms with Gasteiger partial charge in [0.15, 0.2) is 0 Å². The minimum Gasteiger partial charge on any atom is -0.385 e. The van der Waals surface area contributed by atoms with Gasteiger partial charge in [0.25, 0.3) is 5.91 Å². The SMILES string of the molecule is COCCCNC(=O)CN1CCN(C(=O)c2csc(-c3cccs3)n2)CC1. The molecular formula is C18H24N4O3S2. The highest BCUT2D eigenvalue weighted by molar-refractivity contribution is 7.20. The Balaban J connectivity index is 1.43. The van der Waals surface area contributed by atoms with E-state index >= 15 is 0 Å². The number of amides is 2. The molecule has 0 aromatic carbocycles. The van der Waals surface area contributed by atoms with Crippen molar-refractivity contribution < 1.29 is 14.3 Å². The second-order valence-electron chi connectivity index (χ2n) is 6.28. The van der Waals surface area contributed by atoms with Gasteiger partial charge in [-0.3, -0.25) is 14.5 Å². The van der Waals surface area contributed by atoms with Gasteiger partial charge in [-0.25, -0.2) is 4.98 Å². The third kappa shape index (κ3) is 5.58. The van der Waals surface area contributed by atoms with Gasteiger partial charge in [0, 0.05) is 51.8 Å². The molecule has 1 fully saturated rings. The standard InChI is InChI=1S/C18H24N4O3S2/c1-25-10-3-5-19-16(23)12-21-6-8-22(9-7-21)18(24)14-13-27-17(20-14)15-4-2-11-26-15/h2,4,11,13H,3,5-10,12H2,1H3,(H,19,23). The lowest BCUT2D eigenvalue weighted by Gasteiger charge is -2.33. The van der Waals surface area contributed by atoms with Crippen LogP contribution in [-0.4, -0.2) is 79.6 Å². The van der Waals surface area contributed by atoms with Crippen LogP contribution in [0.4, 0.5) is 0 Å². The van der Waals surface area contributed by atoms with E-state index in [2.05, 4.69) is 15.2 Å². The molecule has 0 unspecified atom stereocenters. The van der Waals surface area contributed by atoms with E-state index in [4.69, 9.17) is 4.74 Å². The molecule has 1 N–H and O–H groups in total. The molecule has 2 amide bonds. The highest BCUT2D eigenvalue weighted by Gasteiger charge is 2.25. The summed E-state index contributed by atoms with van der Waals surface area (Å²) in [5.74, 6) is -0.0105. The molecule has 1 aliphatic heterocycles. The molecule has 2 aromatic rings. The summed E-state index contributed by atoms with van der Waals surface area (Å²) in [7, 11) is 1.65. The Morgan fingerprint density at radius 3 is 2.78 bits per heavy atom.